The van der Waals surface area contributed by atoms with Gasteiger partial charge in [-0.15, -0.1) is 10.2 Å². The van der Waals surface area contributed by atoms with Crippen LogP contribution in [-0.4, -0.2) is 44.7 Å². The van der Waals surface area contributed by atoms with Crippen molar-refractivity contribution in [2.45, 2.75) is 50.6 Å². The lowest BCUT2D eigenvalue weighted by Crippen LogP contribution is -2.44. The van der Waals surface area contributed by atoms with E-state index in [-0.39, 0.29) is 30.6 Å². The number of carbonyl (C=O) groups is 1. The molecule has 2 fully saturated rings. The number of halogens is 3. The Bertz CT molecular complexity index is 811. The Kier molecular flexibility index (Phi) is 4.82. The molecule has 1 saturated heterocycles. The highest BCUT2D eigenvalue weighted by molar-refractivity contribution is 5.79. The Labute approximate surface area is 155 Å². The molecule has 1 aliphatic carbocycles. The Hall–Kier alpha value is -2.12. The van der Waals surface area contributed by atoms with Crippen molar-refractivity contribution in [3.63, 3.8) is 0 Å². The SMILES string of the molecule is O=C(C1CCC(C(F)(F)F)CC1)N1CCCC(c2nnc3ccccn23)C1. The molecule has 1 amide bonds. The predicted molar refractivity (Wildman–Crippen MR) is 93.0 cm³/mol. The van der Waals surface area contributed by atoms with Crippen molar-refractivity contribution >= 4 is 11.6 Å². The molecule has 0 N–H and O–H groups in total. The van der Waals surface area contributed by atoms with Crippen LogP contribution >= 0.6 is 0 Å². The minimum atomic E-state index is -4.14. The third-order valence-corrected chi connectivity index (χ3v) is 5.98. The number of aromatic nitrogens is 3. The van der Waals surface area contributed by atoms with Crippen LogP contribution in [0.3, 0.4) is 0 Å². The topological polar surface area (TPSA) is 50.5 Å². The van der Waals surface area contributed by atoms with E-state index >= 15 is 0 Å². The van der Waals surface area contributed by atoms with Crippen molar-refractivity contribution in [1.82, 2.24) is 19.5 Å². The number of piperidine rings is 1. The highest BCUT2D eigenvalue weighted by Crippen LogP contribution is 2.40. The number of pyridine rings is 1. The molecule has 27 heavy (non-hydrogen) atoms. The summed E-state index contributed by atoms with van der Waals surface area (Å²) in [5.41, 5.74) is 0.779. The Morgan fingerprint density at radius 3 is 2.59 bits per heavy atom. The van der Waals surface area contributed by atoms with Crippen LogP contribution in [0.5, 0.6) is 0 Å². The molecule has 0 spiro atoms. The number of carbonyl (C=O) groups excluding carboxylic acids is 1. The third kappa shape index (κ3) is 3.66. The van der Waals surface area contributed by atoms with Crippen LogP contribution in [0.15, 0.2) is 24.4 Å². The van der Waals surface area contributed by atoms with Gasteiger partial charge in [0.2, 0.25) is 5.91 Å². The van der Waals surface area contributed by atoms with Crippen molar-refractivity contribution in [3.05, 3.63) is 30.2 Å². The fourth-order valence-corrected chi connectivity index (χ4v) is 4.45. The summed E-state index contributed by atoms with van der Waals surface area (Å²) in [6, 6.07) is 5.72. The van der Waals surface area contributed by atoms with Crippen LogP contribution in [0.25, 0.3) is 5.65 Å². The van der Waals surface area contributed by atoms with Gasteiger partial charge >= 0.3 is 6.18 Å². The van der Waals surface area contributed by atoms with E-state index in [4.69, 9.17) is 0 Å². The normalized spacial score (nSPS) is 27.1. The fraction of sp³-hybridized carbons (Fsp3) is 0.632. The summed E-state index contributed by atoms with van der Waals surface area (Å²) < 4.78 is 40.5. The van der Waals surface area contributed by atoms with E-state index in [0.29, 0.717) is 25.9 Å². The van der Waals surface area contributed by atoms with Gasteiger partial charge < -0.3 is 4.90 Å². The number of amides is 1. The molecule has 0 bridgehead atoms. The maximum Gasteiger partial charge on any atom is 0.391 e. The molecule has 2 aliphatic rings. The molecule has 4 rings (SSSR count). The molecule has 2 aromatic rings. The molecular weight excluding hydrogens is 357 g/mol. The zero-order valence-corrected chi connectivity index (χ0v) is 15.0. The first-order chi connectivity index (χ1) is 12.9. The molecule has 1 unspecified atom stereocenters. The largest absolute Gasteiger partial charge is 0.391 e. The Balaban J connectivity index is 1.42. The van der Waals surface area contributed by atoms with Gasteiger partial charge in [0.15, 0.2) is 5.65 Å². The van der Waals surface area contributed by atoms with Crippen molar-refractivity contribution in [1.29, 1.82) is 0 Å². The van der Waals surface area contributed by atoms with Crippen LogP contribution in [0.1, 0.15) is 50.3 Å². The smallest absolute Gasteiger partial charge is 0.342 e. The van der Waals surface area contributed by atoms with Gasteiger partial charge in [-0.3, -0.25) is 9.20 Å². The average Bonchev–Trinajstić information content (AvgIpc) is 3.11. The van der Waals surface area contributed by atoms with Gasteiger partial charge in [-0.2, -0.15) is 13.2 Å². The van der Waals surface area contributed by atoms with Gasteiger partial charge in [-0.05, 0) is 50.7 Å². The Morgan fingerprint density at radius 2 is 1.85 bits per heavy atom. The zero-order valence-electron chi connectivity index (χ0n) is 15.0. The van der Waals surface area contributed by atoms with Gasteiger partial charge in [0, 0.05) is 31.1 Å². The molecule has 8 heteroatoms. The van der Waals surface area contributed by atoms with Gasteiger partial charge in [-0.25, -0.2) is 0 Å². The molecular formula is C19H23F3N4O. The van der Waals surface area contributed by atoms with Crippen LogP contribution in [-0.2, 0) is 4.79 Å². The first kappa shape index (κ1) is 18.3. The summed E-state index contributed by atoms with van der Waals surface area (Å²) in [6.07, 6.45) is 0.368. The molecule has 3 heterocycles. The summed E-state index contributed by atoms with van der Waals surface area (Å²) in [5.74, 6) is -0.569. The molecule has 0 aromatic carbocycles. The van der Waals surface area contributed by atoms with Gasteiger partial charge in [-0.1, -0.05) is 6.07 Å². The molecule has 0 radical (unpaired) electrons. The van der Waals surface area contributed by atoms with E-state index in [2.05, 4.69) is 10.2 Å². The molecule has 1 saturated carbocycles. The monoisotopic (exact) mass is 380 g/mol. The third-order valence-electron chi connectivity index (χ3n) is 5.98. The van der Waals surface area contributed by atoms with Crippen molar-refractivity contribution in [3.8, 4) is 0 Å². The summed E-state index contributed by atoms with van der Waals surface area (Å²) in [6.45, 7) is 1.24. The van der Waals surface area contributed by atoms with E-state index in [9.17, 15) is 18.0 Å². The van der Waals surface area contributed by atoms with Gasteiger partial charge in [0.05, 0.1) is 5.92 Å². The number of likely N-dealkylation sites (tertiary alicyclic amines) is 1. The zero-order chi connectivity index (χ0) is 19.0. The number of fused-ring (bicyclic) bond motifs is 1. The maximum atomic E-state index is 12.9. The number of rotatable bonds is 2. The second kappa shape index (κ2) is 7.13. The lowest BCUT2D eigenvalue weighted by atomic mass is 9.80. The predicted octanol–water partition coefficient (Wildman–Crippen LogP) is 3.80. The van der Waals surface area contributed by atoms with E-state index in [1.165, 1.54) is 0 Å². The first-order valence-corrected chi connectivity index (χ1v) is 9.58. The second-order valence-electron chi connectivity index (χ2n) is 7.70. The summed E-state index contributed by atoms with van der Waals surface area (Å²) in [4.78, 5) is 14.7. The van der Waals surface area contributed by atoms with Crippen LogP contribution in [0.4, 0.5) is 13.2 Å². The maximum absolute atomic E-state index is 12.9. The van der Waals surface area contributed by atoms with Crippen LogP contribution in [0, 0.1) is 11.8 Å². The molecule has 2 aromatic heterocycles. The van der Waals surface area contributed by atoms with Crippen molar-refractivity contribution < 1.29 is 18.0 Å². The second-order valence-corrected chi connectivity index (χ2v) is 7.70. The summed E-state index contributed by atoms with van der Waals surface area (Å²) in [5, 5.41) is 8.50. The standard InChI is InChI=1S/C19H23F3N4O/c20-19(21,22)15-8-6-13(7-9-15)18(27)25-10-3-4-14(12-25)17-24-23-16-5-1-2-11-26(16)17/h1-2,5,11,13-15H,3-4,6-10,12H2. The lowest BCUT2D eigenvalue weighted by Gasteiger charge is -2.36. The summed E-state index contributed by atoms with van der Waals surface area (Å²) in [7, 11) is 0. The molecule has 5 nitrogen and oxygen atoms in total. The van der Waals surface area contributed by atoms with E-state index in [1.54, 1.807) is 0 Å². The Morgan fingerprint density at radius 1 is 1.07 bits per heavy atom. The number of nitrogens with zero attached hydrogens (tertiary/aromatic N) is 4. The molecule has 1 atom stereocenters. The highest BCUT2D eigenvalue weighted by Gasteiger charge is 2.43. The number of hydrogen-bond donors (Lipinski definition) is 0. The van der Waals surface area contributed by atoms with E-state index < -0.39 is 12.1 Å². The van der Waals surface area contributed by atoms with Gasteiger partial charge in [0.1, 0.15) is 5.82 Å². The average molecular weight is 380 g/mol. The minimum absolute atomic E-state index is 0.00847. The fourth-order valence-electron chi connectivity index (χ4n) is 4.45. The van der Waals surface area contributed by atoms with Crippen LogP contribution in [0.2, 0.25) is 0 Å². The molecule has 1 aliphatic heterocycles. The quantitative estimate of drug-likeness (QED) is 0.796. The van der Waals surface area contributed by atoms with E-state index in [0.717, 1.165) is 24.3 Å². The van der Waals surface area contributed by atoms with Crippen molar-refractivity contribution in [2.24, 2.45) is 11.8 Å². The first-order valence-electron chi connectivity index (χ1n) is 9.58. The van der Waals surface area contributed by atoms with Crippen LogP contribution < -0.4 is 0 Å². The van der Waals surface area contributed by atoms with Crippen molar-refractivity contribution in [2.75, 3.05) is 13.1 Å². The number of hydrogen-bond acceptors (Lipinski definition) is 3. The van der Waals surface area contributed by atoms with E-state index in [1.807, 2.05) is 33.7 Å². The number of alkyl halides is 3. The van der Waals surface area contributed by atoms with Gasteiger partial charge in [0.25, 0.3) is 0 Å². The molecule has 146 valence electrons. The minimum Gasteiger partial charge on any atom is -0.342 e. The summed E-state index contributed by atoms with van der Waals surface area (Å²) >= 11 is 0. The highest BCUT2D eigenvalue weighted by atomic mass is 19.4. The lowest BCUT2D eigenvalue weighted by molar-refractivity contribution is -0.185.